The number of nitrogens with zero attached hydrogens (tertiary/aromatic N) is 1. The van der Waals surface area contributed by atoms with Crippen LogP contribution in [-0.2, 0) is 0 Å². The molecule has 0 aliphatic heterocycles. The summed E-state index contributed by atoms with van der Waals surface area (Å²) < 4.78 is 0. The number of pyridine rings is 1. The highest BCUT2D eigenvalue weighted by atomic mass is 35.5. The number of carbonyl (C=O) groups is 1. The first kappa shape index (κ1) is 13.3. The van der Waals surface area contributed by atoms with E-state index in [0.29, 0.717) is 5.02 Å². The SMILES string of the molecule is O=C(NCC1(O)CCCCC1)c1cc(Cl)ccn1. The minimum absolute atomic E-state index is 0.278. The minimum atomic E-state index is -0.757. The van der Waals surface area contributed by atoms with Gasteiger partial charge in [0.15, 0.2) is 0 Å². The molecule has 0 unspecified atom stereocenters. The zero-order valence-corrected chi connectivity index (χ0v) is 10.9. The van der Waals surface area contributed by atoms with Crippen molar-refractivity contribution in [3.05, 3.63) is 29.0 Å². The summed E-state index contributed by atoms with van der Waals surface area (Å²) in [4.78, 5) is 15.8. The molecule has 2 rings (SSSR count). The zero-order chi connectivity index (χ0) is 13.0. The largest absolute Gasteiger partial charge is 0.388 e. The number of hydrogen-bond acceptors (Lipinski definition) is 3. The van der Waals surface area contributed by atoms with E-state index in [1.807, 2.05) is 0 Å². The fraction of sp³-hybridized carbons (Fsp3) is 0.538. The third-order valence-electron chi connectivity index (χ3n) is 3.32. The lowest BCUT2D eigenvalue weighted by Gasteiger charge is -2.32. The topological polar surface area (TPSA) is 62.2 Å². The third-order valence-corrected chi connectivity index (χ3v) is 3.55. The molecule has 5 heteroatoms. The Labute approximate surface area is 111 Å². The standard InChI is InChI=1S/C13H17ClN2O2/c14-10-4-7-15-11(8-10)12(17)16-9-13(18)5-2-1-3-6-13/h4,7-8,18H,1-3,5-6,9H2,(H,16,17). The summed E-state index contributed by atoms with van der Waals surface area (Å²) in [7, 11) is 0. The molecule has 2 N–H and O–H groups in total. The highest BCUT2D eigenvalue weighted by Crippen LogP contribution is 2.27. The number of aliphatic hydroxyl groups is 1. The smallest absolute Gasteiger partial charge is 0.270 e. The van der Waals surface area contributed by atoms with Crippen LogP contribution in [0.4, 0.5) is 0 Å². The lowest BCUT2D eigenvalue weighted by atomic mass is 9.85. The molecule has 1 fully saturated rings. The Kier molecular flexibility index (Phi) is 4.19. The first-order chi connectivity index (χ1) is 8.59. The highest BCUT2D eigenvalue weighted by Gasteiger charge is 2.29. The fourth-order valence-corrected chi connectivity index (χ4v) is 2.41. The van der Waals surface area contributed by atoms with Crippen molar-refractivity contribution in [2.24, 2.45) is 0 Å². The van der Waals surface area contributed by atoms with Crippen LogP contribution in [0.2, 0.25) is 5.02 Å². The molecular weight excluding hydrogens is 252 g/mol. The van der Waals surface area contributed by atoms with E-state index in [2.05, 4.69) is 10.3 Å². The molecule has 0 atom stereocenters. The second kappa shape index (κ2) is 5.67. The van der Waals surface area contributed by atoms with Crippen LogP contribution in [0.5, 0.6) is 0 Å². The Morgan fingerprint density at radius 3 is 2.83 bits per heavy atom. The van der Waals surface area contributed by atoms with E-state index < -0.39 is 5.60 Å². The normalized spacial score (nSPS) is 18.3. The van der Waals surface area contributed by atoms with E-state index in [0.717, 1.165) is 32.1 Å². The first-order valence-corrected chi connectivity index (χ1v) is 6.59. The maximum Gasteiger partial charge on any atom is 0.270 e. The monoisotopic (exact) mass is 268 g/mol. The van der Waals surface area contributed by atoms with E-state index in [1.54, 1.807) is 6.07 Å². The van der Waals surface area contributed by atoms with Crippen LogP contribution in [0.1, 0.15) is 42.6 Å². The average Bonchev–Trinajstić information content (AvgIpc) is 2.37. The predicted molar refractivity (Wildman–Crippen MR) is 69.6 cm³/mol. The maximum atomic E-state index is 11.8. The van der Waals surface area contributed by atoms with Gasteiger partial charge in [-0.1, -0.05) is 30.9 Å². The predicted octanol–water partition coefficient (Wildman–Crippen LogP) is 2.16. The molecule has 4 nitrogen and oxygen atoms in total. The van der Waals surface area contributed by atoms with Gasteiger partial charge in [-0.15, -0.1) is 0 Å². The number of rotatable bonds is 3. The van der Waals surface area contributed by atoms with E-state index in [1.165, 1.54) is 12.3 Å². The van der Waals surface area contributed by atoms with E-state index in [9.17, 15) is 9.90 Å². The number of hydrogen-bond donors (Lipinski definition) is 2. The number of nitrogens with one attached hydrogen (secondary N) is 1. The van der Waals surface area contributed by atoms with Crippen molar-refractivity contribution >= 4 is 17.5 Å². The van der Waals surface area contributed by atoms with Gasteiger partial charge in [-0.2, -0.15) is 0 Å². The molecule has 1 saturated carbocycles. The highest BCUT2D eigenvalue weighted by molar-refractivity contribution is 6.30. The summed E-state index contributed by atoms with van der Waals surface area (Å²) in [5.74, 6) is -0.295. The van der Waals surface area contributed by atoms with Gasteiger partial charge >= 0.3 is 0 Å². The van der Waals surface area contributed by atoms with Gasteiger partial charge in [0.1, 0.15) is 5.69 Å². The molecule has 1 aromatic heterocycles. The van der Waals surface area contributed by atoms with Crippen LogP contribution in [0.25, 0.3) is 0 Å². The van der Waals surface area contributed by atoms with Gasteiger partial charge in [-0.25, -0.2) is 0 Å². The Balaban J connectivity index is 1.92. The van der Waals surface area contributed by atoms with Gasteiger partial charge in [0.25, 0.3) is 5.91 Å². The molecule has 1 amide bonds. The molecular formula is C13H17ClN2O2. The second-order valence-electron chi connectivity index (χ2n) is 4.83. The molecule has 0 spiro atoms. The van der Waals surface area contributed by atoms with Crippen molar-refractivity contribution in [1.29, 1.82) is 0 Å². The van der Waals surface area contributed by atoms with E-state index in [4.69, 9.17) is 11.6 Å². The molecule has 1 aliphatic carbocycles. The van der Waals surface area contributed by atoms with Gasteiger partial charge in [0.05, 0.1) is 5.60 Å². The maximum absolute atomic E-state index is 11.8. The minimum Gasteiger partial charge on any atom is -0.388 e. The molecule has 0 radical (unpaired) electrons. The zero-order valence-electron chi connectivity index (χ0n) is 10.2. The Bertz CT molecular complexity index is 431. The van der Waals surface area contributed by atoms with Crippen molar-refractivity contribution in [2.45, 2.75) is 37.7 Å². The molecule has 0 aromatic carbocycles. The van der Waals surface area contributed by atoms with Crippen LogP contribution in [0, 0.1) is 0 Å². The molecule has 1 heterocycles. The van der Waals surface area contributed by atoms with Crippen molar-refractivity contribution in [1.82, 2.24) is 10.3 Å². The van der Waals surface area contributed by atoms with Gasteiger partial charge in [-0.05, 0) is 25.0 Å². The summed E-state index contributed by atoms with van der Waals surface area (Å²) in [6.45, 7) is 0.278. The molecule has 1 aliphatic rings. The van der Waals surface area contributed by atoms with Gasteiger partial charge in [0, 0.05) is 17.8 Å². The number of carbonyl (C=O) groups excluding carboxylic acids is 1. The van der Waals surface area contributed by atoms with Crippen LogP contribution in [0.15, 0.2) is 18.3 Å². The lowest BCUT2D eigenvalue weighted by Crippen LogP contribution is -2.44. The van der Waals surface area contributed by atoms with Crippen LogP contribution in [0.3, 0.4) is 0 Å². The molecule has 18 heavy (non-hydrogen) atoms. The van der Waals surface area contributed by atoms with Gasteiger partial charge in [-0.3, -0.25) is 9.78 Å². The lowest BCUT2D eigenvalue weighted by molar-refractivity contribution is 0.00521. The quantitative estimate of drug-likeness (QED) is 0.883. The van der Waals surface area contributed by atoms with Gasteiger partial charge in [0.2, 0.25) is 0 Å². The molecule has 1 aromatic rings. The van der Waals surface area contributed by atoms with Gasteiger partial charge < -0.3 is 10.4 Å². The summed E-state index contributed by atoms with van der Waals surface area (Å²) >= 11 is 5.80. The molecule has 0 bridgehead atoms. The first-order valence-electron chi connectivity index (χ1n) is 6.21. The summed E-state index contributed by atoms with van der Waals surface area (Å²) in [6, 6.07) is 3.13. The summed E-state index contributed by atoms with van der Waals surface area (Å²) in [5.41, 5.74) is -0.478. The van der Waals surface area contributed by atoms with Crippen LogP contribution in [-0.4, -0.2) is 28.1 Å². The van der Waals surface area contributed by atoms with Crippen LogP contribution < -0.4 is 5.32 Å². The average molecular weight is 269 g/mol. The Morgan fingerprint density at radius 2 is 2.17 bits per heavy atom. The number of halogens is 1. The molecule has 0 saturated heterocycles. The van der Waals surface area contributed by atoms with E-state index >= 15 is 0 Å². The fourth-order valence-electron chi connectivity index (χ4n) is 2.25. The van der Waals surface area contributed by atoms with Crippen molar-refractivity contribution in [3.63, 3.8) is 0 Å². The third kappa shape index (κ3) is 3.43. The number of amides is 1. The number of aromatic nitrogens is 1. The van der Waals surface area contributed by atoms with E-state index in [-0.39, 0.29) is 18.1 Å². The summed E-state index contributed by atoms with van der Waals surface area (Å²) in [5, 5.41) is 13.5. The van der Waals surface area contributed by atoms with Crippen molar-refractivity contribution in [2.75, 3.05) is 6.54 Å². The molecule has 98 valence electrons. The summed E-state index contributed by atoms with van der Waals surface area (Å²) in [6.07, 6.45) is 6.18. The van der Waals surface area contributed by atoms with Crippen molar-refractivity contribution in [3.8, 4) is 0 Å². The van der Waals surface area contributed by atoms with Crippen molar-refractivity contribution < 1.29 is 9.90 Å². The second-order valence-corrected chi connectivity index (χ2v) is 5.26. The Hall–Kier alpha value is -1.13. The van der Waals surface area contributed by atoms with Crippen LogP contribution >= 0.6 is 11.6 Å². The Morgan fingerprint density at radius 1 is 1.44 bits per heavy atom.